The summed E-state index contributed by atoms with van der Waals surface area (Å²) in [5.74, 6) is -9.97. The van der Waals surface area contributed by atoms with Crippen LogP contribution < -0.4 is 11.1 Å². The summed E-state index contributed by atoms with van der Waals surface area (Å²) < 4.78 is 15.4. The molecule has 3 aliphatic rings. The first-order valence-corrected chi connectivity index (χ1v) is 12.4. The molecular weight excluding hydrogens is 525 g/mol. The summed E-state index contributed by atoms with van der Waals surface area (Å²) in [6, 6.07) is 7.56. The molecule has 7 N–H and O–H groups in total. The van der Waals surface area contributed by atoms with Crippen molar-refractivity contribution >= 4 is 34.8 Å². The van der Waals surface area contributed by atoms with Gasteiger partial charge in [-0.25, -0.2) is 4.39 Å². The lowest BCUT2D eigenvalue weighted by Gasteiger charge is -2.50. The fourth-order valence-corrected chi connectivity index (χ4v) is 6.15. The molecule has 0 aromatic heterocycles. The number of fused-ring (bicyclic) bond motifs is 3. The van der Waals surface area contributed by atoms with Crippen LogP contribution >= 0.6 is 0 Å². The van der Waals surface area contributed by atoms with E-state index >= 15 is 4.39 Å². The minimum absolute atomic E-state index is 0.138. The predicted molar refractivity (Wildman–Crippen MR) is 139 cm³/mol. The number of ketones is 2. The van der Waals surface area contributed by atoms with Crippen molar-refractivity contribution in [1.82, 2.24) is 4.90 Å². The second-order valence-electron chi connectivity index (χ2n) is 10.4. The van der Waals surface area contributed by atoms with E-state index in [1.54, 1.807) is 18.2 Å². The van der Waals surface area contributed by atoms with Gasteiger partial charge >= 0.3 is 0 Å². The SMILES string of the molecule is CN(C)[C@@H]1C(=O)C(C(N)=O)=C(O)[C@@]2(O)C(=O)C3=C(O)c4c(O)c(NC(=O)c5ccccc5)cc(F)c4C[C@H]3C[C@@H]12. The molecule has 3 aliphatic carbocycles. The number of benzene rings is 2. The molecule has 2 amide bonds. The fourth-order valence-electron chi connectivity index (χ4n) is 6.15. The number of amides is 2. The molecule has 0 spiro atoms. The van der Waals surface area contributed by atoms with Gasteiger partial charge in [-0.15, -0.1) is 0 Å². The van der Waals surface area contributed by atoms with Crippen molar-refractivity contribution in [3.05, 3.63) is 75.8 Å². The fraction of sp³-hybridized carbons (Fsp3) is 0.286. The molecule has 11 nitrogen and oxygen atoms in total. The maximum atomic E-state index is 15.4. The minimum atomic E-state index is -2.81. The van der Waals surface area contributed by atoms with E-state index in [1.807, 2.05) is 0 Å². The van der Waals surface area contributed by atoms with Crippen molar-refractivity contribution in [3.63, 3.8) is 0 Å². The second kappa shape index (κ2) is 9.28. The van der Waals surface area contributed by atoms with Crippen LogP contribution in [0.15, 0.2) is 53.3 Å². The number of aliphatic hydroxyl groups is 3. The number of primary amides is 1. The topological polar surface area (TPSA) is 190 Å². The van der Waals surface area contributed by atoms with E-state index in [9.17, 15) is 39.6 Å². The third kappa shape index (κ3) is 3.71. The Balaban J connectivity index is 1.65. The summed E-state index contributed by atoms with van der Waals surface area (Å²) in [5.41, 5.74) is 0.394. The van der Waals surface area contributed by atoms with Crippen molar-refractivity contribution in [2.24, 2.45) is 17.6 Å². The Morgan fingerprint density at radius 3 is 2.38 bits per heavy atom. The van der Waals surface area contributed by atoms with E-state index < -0.39 is 86.7 Å². The quantitative estimate of drug-likeness (QED) is 0.241. The Morgan fingerprint density at radius 2 is 1.77 bits per heavy atom. The molecule has 0 aliphatic heterocycles. The van der Waals surface area contributed by atoms with Gasteiger partial charge < -0.3 is 31.5 Å². The number of rotatable bonds is 4. The van der Waals surface area contributed by atoms with Gasteiger partial charge in [0.1, 0.15) is 22.9 Å². The number of aliphatic hydroxyl groups excluding tert-OH is 2. The Kier molecular flexibility index (Phi) is 6.27. The Morgan fingerprint density at radius 1 is 1.12 bits per heavy atom. The van der Waals surface area contributed by atoms with Crippen LogP contribution in [0.1, 0.15) is 27.9 Å². The van der Waals surface area contributed by atoms with Crippen LogP contribution in [0.3, 0.4) is 0 Å². The molecule has 4 atom stereocenters. The van der Waals surface area contributed by atoms with Crippen LogP contribution in [0.5, 0.6) is 5.75 Å². The van der Waals surface area contributed by atoms with Gasteiger partial charge in [-0.05, 0) is 45.0 Å². The van der Waals surface area contributed by atoms with E-state index in [4.69, 9.17) is 5.73 Å². The number of aromatic hydroxyl groups is 1. The summed E-state index contributed by atoms with van der Waals surface area (Å²) in [6.45, 7) is 0. The maximum Gasteiger partial charge on any atom is 0.255 e. The molecule has 12 heteroatoms. The molecule has 0 bridgehead atoms. The number of nitrogens with one attached hydrogen (secondary N) is 1. The van der Waals surface area contributed by atoms with Gasteiger partial charge in [-0.2, -0.15) is 0 Å². The van der Waals surface area contributed by atoms with Crippen LogP contribution in [0, 0.1) is 17.7 Å². The first-order valence-electron chi connectivity index (χ1n) is 12.4. The van der Waals surface area contributed by atoms with Gasteiger partial charge in [0.15, 0.2) is 17.1 Å². The standard InChI is InChI=1S/C28H26FN3O8/c1-32(2)20-14-9-12-8-13-15(29)10-16(31-27(39)11-6-4-3-5-7-11)21(33)18(13)22(34)17(12)24(36)28(14,40)25(37)19(23(20)35)26(30)38/h3-7,10,12,14,20,33-34,37,40H,8-9H2,1-2H3,(H2,30,38)(H,31,39)/t12-,14-,20-,28-/m0/s1. The number of carbonyl (C=O) groups excluding carboxylic acids is 4. The van der Waals surface area contributed by atoms with Gasteiger partial charge in [0.25, 0.3) is 11.8 Å². The van der Waals surface area contributed by atoms with E-state index in [1.165, 1.54) is 31.1 Å². The highest BCUT2D eigenvalue weighted by Crippen LogP contribution is 2.53. The van der Waals surface area contributed by atoms with Crippen LogP contribution in [0.25, 0.3) is 5.76 Å². The number of anilines is 1. The summed E-state index contributed by atoms with van der Waals surface area (Å²) in [7, 11) is 2.97. The number of halogens is 1. The van der Waals surface area contributed by atoms with Crippen LogP contribution in [0.4, 0.5) is 10.1 Å². The number of nitrogens with two attached hydrogens (primary N) is 1. The van der Waals surface area contributed by atoms with Crippen molar-refractivity contribution in [3.8, 4) is 5.75 Å². The molecule has 2 aromatic rings. The third-order valence-corrected chi connectivity index (χ3v) is 7.95. The van der Waals surface area contributed by atoms with Crippen LogP contribution in [0.2, 0.25) is 0 Å². The first-order chi connectivity index (χ1) is 18.8. The second-order valence-corrected chi connectivity index (χ2v) is 10.4. The molecule has 40 heavy (non-hydrogen) atoms. The number of nitrogens with zero attached hydrogens (tertiary/aromatic N) is 1. The van der Waals surface area contributed by atoms with Gasteiger partial charge in [0.05, 0.1) is 17.3 Å². The Bertz CT molecular complexity index is 1560. The van der Waals surface area contributed by atoms with Crippen molar-refractivity contribution < 1.29 is 44.0 Å². The lowest BCUT2D eigenvalue weighted by atomic mass is 9.57. The van der Waals surface area contributed by atoms with Gasteiger partial charge in [-0.1, -0.05) is 18.2 Å². The van der Waals surface area contributed by atoms with E-state index in [-0.39, 0.29) is 29.7 Å². The van der Waals surface area contributed by atoms with Gasteiger partial charge in [0.2, 0.25) is 5.78 Å². The smallest absolute Gasteiger partial charge is 0.255 e. The first kappa shape index (κ1) is 27.0. The average molecular weight is 552 g/mol. The number of Topliss-reactive ketones (excluding diaryl/α,β-unsaturated/α-hetero) is 2. The maximum absolute atomic E-state index is 15.4. The minimum Gasteiger partial charge on any atom is -0.508 e. The molecule has 0 unspecified atom stereocenters. The molecule has 0 saturated heterocycles. The molecule has 0 radical (unpaired) electrons. The number of carbonyl (C=O) groups is 4. The van der Waals surface area contributed by atoms with Crippen molar-refractivity contribution in [2.75, 3.05) is 19.4 Å². The molecule has 1 fully saturated rings. The number of hydrogen-bond donors (Lipinski definition) is 6. The highest BCUT2D eigenvalue weighted by atomic mass is 19.1. The average Bonchev–Trinajstić information content (AvgIpc) is 2.89. The number of likely N-dealkylation sites (N-methyl/N-ethyl adjacent to an activating group) is 1. The highest BCUT2D eigenvalue weighted by Gasteiger charge is 2.64. The molecule has 0 heterocycles. The van der Waals surface area contributed by atoms with E-state index in [0.717, 1.165) is 6.07 Å². The zero-order chi connectivity index (χ0) is 29.3. The Labute approximate surface area is 227 Å². The van der Waals surface area contributed by atoms with Crippen LogP contribution in [-0.4, -0.2) is 74.4 Å². The van der Waals surface area contributed by atoms with Crippen molar-refractivity contribution in [2.45, 2.75) is 24.5 Å². The third-order valence-electron chi connectivity index (χ3n) is 7.95. The van der Waals surface area contributed by atoms with Crippen LogP contribution in [-0.2, 0) is 20.8 Å². The molecule has 2 aromatic carbocycles. The van der Waals surface area contributed by atoms with Gasteiger partial charge in [0, 0.05) is 28.7 Å². The normalized spacial score (nSPS) is 25.9. The van der Waals surface area contributed by atoms with E-state index in [0.29, 0.717) is 0 Å². The Hall–Kier alpha value is -4.55. The summed E-state index contributed by atoms with van der Waals surface area (Å²) in [6.07, 6.45) is -0.376. The lowest BCUT2D eigenvalue weighted by Crippen LogP contribution is -2.65. The largest absolute Gasteiger partial charge is 0.508 e. The monoisotopic (exact) mass is 551 g/mol. The zero-order valence-electron chi connectivity index (χ0n) is 21.4. The molecule has 1 saturated carbocycles. The molecule has 208 valence electrons. The summed E-state index contributed by atoms with van der Waals surface area (Å²) >= 11 is 0. The molecule has 5 rings (SSSR count). The molecular formula is C28H26FN3O8. The predicted octanol–water partition coefficient (Wildman–Crippen LogP) is 1.36. The van der Waals surface area contributed by atoms with Gasteiger partial charge in [-0.3, -0.25) is 24.1 Å². The summed E-state index contributed by atoms with van der Waals surface area (Å²) in [5, 5.41) is 47.1. The lowest BCUT2D eigenvalue weighted by molar-refractivity contribution is -0.153. The zero-order valence-corrected chi connectivity index (χ0v) is 21.4. The number of hydrogen-bond acceptors (Lipinski definition) is 9. The highest BCUT2D eigenvalue weighted by molar-refractivity contribution is 6.24. The number of phenolic OH excluding ortho intramolecular Hbond substituents is 1. The van der Waals surface area contributed by atoms with E-state index in [2.05, 4.69) is 5.32 Å². The summed E-state index contributed by atoms with van der Waals surface area (Å²) in [4.78, 5) is 53.0. The number of phenols is 1. The van der Waals surface area contributed by atoms with Crippen molar-refractivity contribution in [1.29, 1.82) is 0 Å².